The molecule has 0 saturated carbocycles. The third-order valence-corrected chi connectivity index (χ3v) is 2.64. The fraction of sp³-hybridized carbons (Fsp3) is 0.462. The standard InChI is InChI=1S/C13H15NO3/c1-8(2)17-13(16)10-7-6-9-4-3-5-11(15)12(9)14-10/h6-8H,3-5H2,1-2H3. The highest BCUT2D eigenvalue weighted by atomic mass is 16.5. The van der Waals surface area contributed by atoms with Crippen molar-refractivity contribution in [3.63, 3.8) is 0 Å². The molecule has 90 valence electrons. The zero-order valence-corrected chi connectivity index (χ0v) is 10.0. The summed E-state index contributed by atoms with van der Waals surface area (Å²) in [4.78, 5) is 27.4. The van der Waals surface area contributed by atoms with Crippen molar-refractivity contribution < 1.29 is 14.3 Å². The van der Waals surface area contributed by atoms with Gasteiger partial charge in [0, 0.05) is 6.42 Å². The number of pyridine rings is 1. The largest absolute Gasteiger partial charge is 0.458 e. The number of nitrogens with zero attached hydrogens (tertiary/aromatic N) is 1. The lowest BCUT2D eigenvalue weighted by atomic mass is 9.95. The van der Waals surface area contributed by atoms with E-state index >= 15 is 0 Å². The van der Waals surface area contributed by atoms with E-state index in [0.717, 1.165) is 18.4 Å². The molecule has 4 nitrogen and oxygen atoms in total. The summed E-state index contributed by atoms with van der Waals surface area (Å²) in [5, 5.41) is 0. The highest BCUT2D eigenvalue weighted by molar-refractivity contribution is 5.98. The van der Waals surface area contributed by atoms with Crippen LogP contribution in [0.4, 0.5) is 0 Å². The average molecular weight is 233 g/mol. The number of aromatic nitrogens is 1. The number of ketones is 1. The van der Waals surface area contributed by atoms with Crippen molar-refractivity contribution >= 4 is 11.8 Å². The van der Waals surface area contributed by atoms with Crippen LogP contribution in [0.1, 0.15) is 53.2 Å². The minimum Gasteiger partial charge on any atom is -0.458 e. The Morgan fingerprint density at radius 1 is 1.35 bits per heavy atom. The number of hydrogen-bond donors (Lipinski definition) is 0. The molecule has 1 aromatic heterocycles. The van der Waals surface area contributed by atoms with Crippen molar-refractivity contribution in [3.05, 3.63) is 29.1 Å². The fourth-order valence-electron chi connectivity index (χ4n) is 1.88. The Bertz CT molecular complexity index is 466. The molecular formula is C13H15NO3. The summed E-state index contributed by atoms with van der Waals surface area (Å²) in [5.74, 6) is -0.452. The minimum absolute atomic E-state index is 0.0189. The van der Waals surface area contributed by atoms with Gasteiger partial charge in [-0.15, -0.1) is 0 Å². The number of esters is 1. The van der Waals surface area contributed by atoms with Gasteiger partial charge >= 0.3 is 5.97 Å². The summed E-state index contributed by atoms with van der Waals surface area (Å²) in [6, 6.07) is 3.43. The highest BCUT2D eigenvalue weighted by Crippen LogP contribution is 2.20. The van der Waals surface area contributed by atoms with Gasteiger partial charge in [-0.25, -0.2) is 9.78 Å². The molecule has 0 saturated heterocycles. The Morgan fingerprint density at radius 2 is 2.12 bits per heavy atom. The maximum Gasteiger partial charge on any atom is 0.357 e. The van der Waals surface area contributed by atoms with Crippen LogP contribution in [-0.4, -0.2) is 22.8 Å². The predicted octanol–water partition coefficient (Wildman–Crippen LogP) is 2.17. The van der Waals surface area contributed by atoms with Gasteiger partial charge in [-0.05, 0) is 38.3 Å². The molecule has 0 N–H and O–H groups in total. The van der Waals surface area contributed by atoms with E-state index in [1.54, 1.807) is 26.0 Å². The van der Waals surface area contributed by atoms with Crippen molar-refractivity contribution in [1.82, 2.24) is 4.98 Å². The molecule has 0 radical (unpaired) electrons. The van der Waals surface area contributed by atoms with Crippen LogP contribution in [0.3, 0.4) is 0 Å². The second-order valence-corrected chi connectivity index (χ2v) is 4.44. The Hall–Kier alpha value is -1.71. The Kier molecular flexibility index (Phi) is 3.22. The zero-order valence-electron chi connectivity index (χ0n) is 10.0. The highest BCUT2D eigenvalue weighted by Gasteiger charge is 2.21. The molecule has 1 aliphatic carbocycles. The summed E-state index contributed by atoms with van der Waals surface area (Å²) in [6.45, 7) is 3.56. The smallest absolute Gasteiger partial charge is 0.357 e. The number of aryl methyl sites for hydroxylation is 1. The summed E-state index contributed by atoms with van der Waals surface area (Å²) < 4.78 is 5.05. The van der Waals surface area contributed by atoms with Crippen LogP contribution in [-0.2, 0) is 11.2 Å². The molecule has 0 amide bonds. The van der Waals surface area contributed by atoms with Gasteiger partial charge in [0.25, 0.3) is 0 Å². The van der Waals surface area contributed by atoms with Crippen LogP contribution >= 0.6 is 0 Å². The maximum absolute atomic E-state index is 11.7. The van der Waals surface area contributed by atoms with E-state index in [-0.39, 0.29) is 17.6 Å². The number of Topliss-reactive ketones (excluding diaryl/α,β-unsaturated/α-hetero) is 1. The molecule has 1 aliphatic rings. The topological polar surface area (TPSA) is 56.3 Å². The van der Waals surface area contributed by atoms with Gasteiger partial charge in [0.2, 0.25) is 0 Å². The van der Waals surface area contributed by atoms with Crippen LogP contribution in [0.25, 0.3) is 0 Å². The van der Waals surface area contributed by atoms with Gasteiger partial charge in [-0.3, -0.25) is 4.79 Å². The molecule has 2 rings (SSSR count). The Balaban J connectivity index is 2.29. The Labute approximate surface area is 100 Å². The molecule has 1 aromatic rings. The third-order valence-electron chi connectivity index (χ3n) is 2.64. The first-order valence-corrected chi connectivity index (χ1v) is 5.82. The molecule has 0 atom stereocenters. The van der Waals surface area contributed by atoms with E-state index in [2.05, 4.69) is 4.98 Å². The molecule has 4 heteroatoms. The van der Waals surface area contributed by atoms with Gasteiger partial charge in [0.05, 0.1) is 6.10 Å². The molecule has 1 heterocycles. The number of fused-ring (bicyclic) bond motifs is 1. The molecular weight excluding hydrogens is 218 g/mol. The van der Waals surface area contributed by atoms with Gasteiger partial charge in [0.15, 0.2) is 5.78 Å². The van der Waals surface area contributed by atoms with Gasteiger partial charge in [-0.1, -0.05) is 6.07 Å². The number of carbonyl (C=O) groups is 2. The van der Waals surface area contributed by atoms with Gasteiger partial charge in [0.1, 0.15) is 11.4 Å². The summed E-state index contributed by atoms with van der Waals surface area (Å²) in [5.41, 5.74) is 1.59. The first-order valence-electron chi connectivity index (χ1n) is 5.82. The van der Waals surface area contributed by atoms with Crippen molar-refractivity contribution in [3.8, 4) is 0 Å². The van der Waals surface area contributed by atoms with E-state index in [9.17, 15) is 9.59 Å². The monoisotopic (exact) mass is 233 g/mol. The minimum atomic E-state index is -0.471. The van der Waals surface area contributed by atoms with Gasteiger partial charge in [-0.2, -0.15) is 0 Å². The summed E-state index contributed by atoms with van der Waals surface area (Å²) >= 11 is 0. The van der Waals surface area contributed by atoms with E-state index in [1.165, 1.54) is 0 Å². The first kappa shape index (κ1) is 11.8. The fourth-order valence-corrected chi connectivity index (χ4v) is 1.88. The maximum atomic E-state index is 11.7. The lowest BCUT2D eigenvalue weighted by Gasteiger charge is -2.14. The molecule has 0 spiro atoms. The van der Waals surface area contributed by atoms with E-state index < -0.39 is 5.97 Å². The number of rotatable bonds is 2. The summed E-state index contributed by atoms with van der Waals surface area (Å²) in [7, 11) is 0. The second-order valence-electron chi connectivity index (χ2n) is 4.44. The average Bonchev–Trinajstić information content (AvgIpc) is 2.28. The summed E-state index contributed by atoms with van der Waals surface area (Å²) in [6.07, 6.45) is 2.05. The third kappa shape index (κ3) is 2.52. The van der Waals surface area contributed by atoms with E-state index in [1.807, 2.05) is 0 Å². The molecule has 0 bridgehead atoms. The van der Waals surface area contributed by atoms with Crippen molar-refractivity contribution in [2.24, 2.45) is 0 Å². The lowest BCUT2D eigenvalue weighted by molar-refractivity contribution is 0.0370. The number of carbonyl (C=O) groups excluding carboxylic acids is 2. The Morgan fingerprint density at radius 3 is 2.82 bits per heavy atom. The van der Waals surface area contributed by atoms with Crippen LogP contribution < -0.4 is 0 Å². The van der Waals surface area contributed by atoms with E-state index in [4.69, 9.17) is 4.74 Å². The van der Waals surface area contributed by atoms with Crippen LogP contribution in [0, 0.1) is 0 Å². The van der Waals surface area contributed by atoms with Gasteiger partial charge < -0.3 is 4.74 Å². The SMILES string of the molecule is CC(C)OC(=O)c1ccc2c(n1)C(=O)CCC2. The predicted molar refractivity (Wildman–Crippen MR) is 62.1 cm³/mol. The quantitative estimate of drug-likeness (QED) is 0.734. The number of ether oxygens (including phenoxy) is 1. The first-order chi connectivity index (χ1) is 8.08. The molecule has 0 aromatic carbocycles. The second kappa shape index (κ2) is 4.65. The normalized spacial score (nSPS) is 14.6. The molecule has 0 aliphatic heterocycles. The van der Waals surface area contributed by atoms with E-state index in [0.29, 0.717) is 12.1 Å². The van der Waals surface area contributed by atoms with Crippen LogP contribution in [0.15, 0.2) is 12.1 Å². The zero-order chi connectivity index (χ0) is 12.4. The molecule has 0 unspecified atom stereocenters. The van der Waals surface area contributed by atoms with Crippen molar-refractivity contribution in [2.45, 2.75) is 39.2 Å². The molecule has 17 heavy (non-hydrogen) atoms. The van der Waals surface area contributed by atoms with Crippen molar-refractivity contribution in [1.29, 1.82) is 0 Å². The lowest BCUT2D eigenvalue weighted by Crippen LogP contribution is -2.18. The molecule has 0 fully saturated rings. The van der Waals surface area contributed by atoms with Crippen molar-refractivity contribution in [2.75, 3.05) is 0 Å². The van der Waals surface area contributed by atoms with Crippen LogP contribution in [0.2, 0.25) is 0 Å². The van der Waals surface area contributed by atoms with Crippen LogP contribution in [0.5, 0.6) is 0 Å². The number of hydrogen-bond acceptors (Lipinski definition) is 4.